The first-order valence-electron chi connectivity index (χ1n) is 5.08. The number of hydrogen-bond acceptors (Lipinski definition) is 3. The molecule has 0 fully saturated rings. The standard InChI is InChI=1S/C12H16ClNO3/c1-14(2)12(15)11(13)9-6-5-8(16-3)7-10(9)17-4/h5-7,11H,1-4H3. The summed E-state index contributed by atoms with van der Waals surface area (Å²) in [6.45, 7) is 0. The van der Waals surface area contributed by atoms with Crippen LogP contribution in [0.5, 0.6) is 11.5 Å². The molecule has 94 valence electrons. The van der Waals surface area contributed by atoms with Crippen LogP contribution in [0.2, 0.25) is 0 Å². The summed E-state index contributed by atoms with van der Waals surface area (Å²) in [5.41, 5.74) is 0.633. The Morgan fingerprint density at radius 1 is 1.29 bits per heavy atom. The molecule has 0 radical (unpaired) electrons. The van der Waals surface area contributed by atoms with Crippen molar-refractivity contribution in [2.75, 3.05) is 28.3 Å². The number of benzene rings is 1. The second kappa shape index (κ2) is 5.77. The second-order valence-electron chi connectivity index (χ2n) is 3.70. The maximum absolute atomic E-state index is 11.8. The van der Waals surface area contributed by atoms with E-state index in [9.17, 15) is 4.79 Å². The van der Waals surface area contributed by atoms with E-state index in [1.54, 1.807) is 39.4 Å². The largest absolute Gasteiger partial charge is 0.497 e. The third-order valence-corrected chi connectivity index (χ3v) is 2.79. The zero-order valence-electron chi connectivity index (χ0n) is 10.4. The van der Waals surface area contributed by atoms with Gasteiger partial charge in [0.1, 0.15) is 16.9 Å². The molecule has 0 aliphatic rings. The Morgan fingerprint density at radius 3 is 2.41 bits per heavy atom. The molecule has 1 unspecified atom stereocenters. The van der Waals surface area contributed by atoms with Gasteiger partial charge in [-0.15, -0.1) is 11.6 Å². The van der Waals surface area contributed by atoms with Crippen LogP contribution in [-0.4, -0.2) is 39.1 Å². The molecular formula is C12H16ClNO3. The number of carbonyl (C=O) groups excluding carboxylic acids is 1. The van der Waals surface area contributed by atoms with Gasteiger partial charge in [-0.3, -0.25) is 4.79 Å². The van der Waals surface area contributed by atoms with Crippen LogP contribution in [0.4, 0.5) is 0 Å². The number of alkyl halides is 1. The highest BCUT2D eigenvalue weighted by molar-refractivity contribution is 6.30. The van der Waals surface area contributed by atoms with E-state index in [2.05, 4.69) is 0 Å². The van der Waals surface area contributed by atoms with Crippen molar-refractivity contribution in [3.63, 3.8) is 0 Å². The van der Waals surface area contributed by atoms with Gasteiger partial charge < -0.3 is 14.4 Å². The van der Waals surface area contributed by atoms with Crippen LogP contribution in [0.3, 0.4) is 0 Å². The van der Waals surface area contributed by atoms with E-state index in [-0.39, 0.29) is 5.91 Å². The molecule has 0 aliphatic carbocycles. The Balaban J connectivity index is 3.09. The Bertz CT molecular complexity index is 407. The molecule has 1 rings (SSSR count). The summed E-state index contributed by atoms with van der Waals surface area (Å²) in [6.07, 6.45) is 0. The third-order valence-electron chi connectivity index (χ3n) is 2.37. The summed E-state index contributed by atoms with van der Waals surface area (Å²) < 4.78 is 10.3. The Kier molecular flexibility index (Phi) is 4.63. The summed E-state index contributed by atoms with van der Waals surface area (Å²) in [7, 11) is 6.42. The van der Waals surface area contributed by atoms with Crippen LogP contribution in [-0.2, 0) is 4.79 Å². The summed E-state index contributed by atoms with van der Waals surface area (Å²) in [5.74, 6) is 1.02. The Labute approximate surface area is 106 Å². The van der Waals surface area contributed by atoms with E-state index in [0.717, 1.165) is 0 Å². The van der Waals surface area contributed by atoms with Crippen molar-refractivity contribution < 1.29 is 14.3 Å². The van der Waals surface area contributed by atoms with Gasteiger partial charge >= 0.3 is 0 Å². The highest BCUT2D eigenvalue weighted by Gasteiger charge is 2.23. The Hall–Kier alpha value is -1.42. The molecule has 0 N–H and O–H groups in total. The zero-order chi connectivity index (χ0) is 13.0. The molecule has 0 bridgehead atoms. The summed E-state index contributed by atoms with van der Waals surface area (Å²) in [4.78, 5) is 13.2. The lowest BCUT2D eigenvalue weighted by Crippen LogP contribution is -2.25. The molecule has 0 saturated heterocycles. The smallest absolute Gasteiger partial charge is 0.244 e. The number of likely N-dealkylation sites (N-methyl/N-ethyl adjacent to an activating group) is 1. The van der Waals surface area contributed by atoms with Gasteiger partial charge in [0.05, 0.1) is 14.2 Å². The number of halogens is 1. The SMILES string of the molecule is COc1ccc(C(Cl)C(=O)N(C)C)c(OC)c1. The minimum atomic E-state index is -0.758. The second-order valence-corrected chi connectivity index (χ2v) is 4.14. The van der Waals surface area contributed by atoms with Gasteiger partial charge in [-0.2, -0.15) is 0 Å². The minimum Gasteiger partial charge on any atom is -0.497 e. The van der Waals surface area contributed by atoms with Crippen LogP contribution in [0.25, 0.3) is 0 Å². The molecule has 0 saturated carbocycles. The topological polar surface area (TPSA) is 38.8 Å². The number of carbonyl (C=O) groups is 1. The molecular weight excluding hydrogens is 242 g/mol. The predicted molar refractivity (Wildman–Crippen MR) is 66.8 cm³/mol. The van der Waals surface area contributed by atoms with E-state index >= 15 is 0 Å². The first-order valence-corrected chi connectivity index (χ1v) is 5.52. The Morgan fingerprint density at radius 2 is 1.94 bits per heavy atom. The number of nitrogens with zero attached hydrogens (tertiary/aromatic N) is 1. The summed E-state index contributed by atoms with van der Waals surface area (Å²) in [6, 6.07) is 5.18. The van der Waals surface area contributed by atoms with Crippen molar-refractivity contribution in [3.8, 4) is 11.5 Å². The van der Waals surface area contributed by atoms with E-state index in [4.69, 9.17) is 21.1 Å². The van der Waals surface area contributed by atoms with Crippen LogP contribution in [0.15, 0.2) is 18.2 Å². The monoisotopic (exact) mass is 257 g/mol. The molecule has 0 aliphatic heterocycles. The predicted octanol–water partition coefficient (Wildman–Crippen LogP) is 2.07. The van der Waals surface area contributed by atoms with E-state index < -0.39 is 5.38 Å². The van der Waals surface area contributed by atoms with E-state index in [1.165, 1.54) is 12.0 Å². The number of methoxy groups -OCH3 is 2. The van der Waals surface area contributed by atoms with Gasteiger partial charge in [0.25, 0.3) is 0 Å². The lowest BCUT2D eigenvalue weighted by molar-refractivity contribution is -0.128. The quantitative estimate of drug-likeness (QED) is 0.775. The minimum absolute atomic E-state index is 0.185. The van der Waals surface area contributed by atoms with Crippen molar-refractivity contribution in [2.24, 2.45) is 0 Å². The average molecular weight is 258 g/mol. The van der Waals surface area contributed by atoms with Gasteiger partial charge in [-0.1, -0.05) is 0 Å². The van der Waals surface area contributed by atoms with Crippen LogP contribution in [0, 0.1) is 0 Å². The fourth-order valence-corrected chi connectivity index (χ4v) is 1.76. The average Bonchev–Trinajstić information content (AvgIpc) is 2.35. The van der Waals surface area contributed by atoms with Crippen molar-refractivity contribution in [1.29, 1.82) is 0 Å². The van der Waals surface area contributed by atoms with Crippen molar-refractivity contribution in [2.45, 2.75) is 5.38 Å². The lowest BCUT2D eigenvalue weighted by atomic mass is 10.1. The molecule has 1 amide bonds. The normalized spacial score (nSPS) is 11.8. The molecule has 1 aromatic carbocycles. The van der Waals surface area contributed by atoms with Gasteiger partial charge in [-0.25, -0.2) is 0 Å². The lowest BCUT2D eigenvalue weighted by Gasteiger charge is -2.18. The molecule has 0 spiro atoms. The molecule has 4 nitrogen and oxygen atoms in total. The van der Waals surface area contributed by atoms with Crippen LogP contribution >= 0.6 is 11.6 Å². The van der Waals surface area contributed by atoms with Crippen molar-refractivity contribution in [3.05, 3.63) is 23.8 Å². The first-order chi connectivity index (χ1) is 8.01. The highest BCUT2D eigenvalue weighted by atomic mass is 35.5. The van der Waals surface area contributed by atoms with Crippen molar-refractivity contribution >= 4 is 17.5 Å². The van der Waals surface area contributed by atoms with Crippen LogP contribution < -0.4 is 9.47 Å². The molecule has 5 heteroatoms. The van der Waals surface area contributed by atoms with Gasteiger partial charge in [0.15, 0.2) is 0 Å². The van der Waals surface area contributed by atoms with Crippen molar-refractivity contribution in [1.82, 2.24) is 4.90 Å². The molecule has 0 heterocycles. The first kappa shape index (κ1) is 13.6. The zero-order valence-corrected chi connectivity index (χ0v) is 11.1. The fraction of sp³-hybridized carbons (Fsp3) is 0.417. The van der Waals surface area contributed by atoms with Gasteiger partial charge in [0.2, 0.25) is 5.91 Å². The summed E-state index contributed by atoms with van der Waals surface area (Å²) in [5, 5.41) is -0.758. The van der Waals surface area contributed by atoms with Gasteiger partial charge in [-0.05, 0) is 12.1 Å². The maximum atomic E-state index is 11.8. The number of ether oxygens (including phenoxy) is 2. The van der Waals surface area contributed by atoms with Gasteiger partial charge in [0, 0.05) is 25.7 Å². The van der Waals surface area contributed by atoms with E-state index in [1.807, 2.05) is 0 Å². The highest BCUT2D eigenvalue weighted by Crippen LogP contribution is 2.33. The molecule has 1 atom stereocenters. The number of amides is 1. The third kappa shape index (κ3) is 3.03. The summed E-state index contributed by atoms with van der Waals surface area (Å²) >= 11 is 6.12. The van der Waals surface area contributed by atoms with E-state index in [0.29, 0.717) is 17.1 Å². The fourth-order valence-electron chi connectivity index (χ4n) is 1.39. The molecule has 0 aromatic heterocycles. The molecule has 17 heavy (non-hydrogen) atoms. The maximum Gasteiger partial charge on any atom is 0.244 e. The number of rotatable bonds is 4. The van der Waals surface area contributed by atoms with Crippen LogP contribution in [0.1, 0.15) is 10.9 Å². The molecule has 1 aromatic rings. The number of hydrogen-bond donors (Lipinski definition) is 0.